The molecule has 1 aliphatic heterocycles. The van der Waals surface area contributed by atoms with E-state index in [0.29, 0.717) is 18.2 Å². The Bertz CT molecular complexity index is 450. The van der Waals surface area contributed by atoms with Gasteiger partial charge in [0.15, 0.2) is 0 Å². The lowest BCUT2D eigenvalue weighted by atomic mass is 10.1. The number of rotatable bonds is 5. The van der Waals surface area contributed by atoms with Gasteiger partial charge in [0.2, 0.25) is 5.88 Å². The number of ether oxygens (including phenoxy) is 1. The van der Waals surface area contributed by atoms with Crippen molar-refractivity contribution < 1.29 is 14.6 Å². The normalized spacial score (nSPS) is 16.5. The van der Waals surface area contributed by atoms with Gasteiger partial charge >= 0.3 is 5.97 Å². The van der Waals surface area contributed by atoms with Crippen molar-refractivity contribution in [2.24, 2.45) is 7.05 Å². The number of hydrogen-bond donors (Lipinski definition) is 1. The Balaban J connectivity index is 1.93. The van der Waals surface area contributed by atoms with Crippen molar-refractivity contribution in [3.63, 3.8) is 0 Å². The van der Waals surface area contributed by atoms with Gasteiger partial charge in [0.1, 0.15) is 12.2 Å². The Kier molecular flexibility index (Phi) is 4.42. The summed E-state index contributed by atoms with van der Waals surface area (Å²) in [6, 6.07) is 0. The van der Waals surface area contributed by atoms with Crippen LogP contribution in [-0.4, -0.2) is 52.0 Å². The fourth-order valence-corrected chi connectivity index (χ4v) is 2.50. The van der Waals surface area contributed by atoms with E-state index in [9.17, 15) is 4.79 Å². The minimum atomic E-state index is -0.987. The molecule has 0 saturated carbocycles. The minimum Gasteiger partial charge on any atom is -0.477 e. The zero-order valence-electron chi connectivity index (χ0n) is 11.6. The van der Waals surface area contributed by atoms with Gasteiger partial charge in [0.25, 0.3) is 0 Å². The highest BCUT2D eigenvalue weighted by atomic mass is 16.5. The molecule has 0 unspecified atom stereocenters. The Morgan fingerprint density at radius 1 is 1.37 bits per heavy atom. The van der Waals surface area contributed by atoms with Crippen LogP contribution in [0.15, 0.2) is 0 Å². The van der Waals surface area contributed by atoms with E-state index in [-0.39, 0.29) is 5.56 Å². The molecule has 1 aromatic rings. The van der Waals surface area contributed by atoms with Gasteiger partial charge in [0.05, 0.1) is 5.69 Å². The molecule has 0 spiro atoms. The van der Waals surface area contributed by atoms with Gasteiger partial charge in [-0.2, -0.15) is 5.10 Å². The van der Waals surface area contributed by atoms with Crippen molar-refractivity contribution in [1.82, 2.24) is 14.7 Å². The summed E-state index contributed by atoms with van der Waals surface area (Å²) < 4.78 is 7.13. The Hall–Kier alpha value is -1.56. The lowest BCUT2D eigenvalue weighted by Gasteiger charge is -2.26. The molecule has 2 rings (SSSR count). The molecular formula is C13H21N3O3. The molecule has 1 saturated heterocycles. The topological polar surface area (TPSA) is 67.6 Å². The third-order valence-electron chi connectivity index (χ3n) is 3.48. The molecule has 0 bridgehead atoms. The van der Waals surface area contributed by atoms with Crippen LogP contribution in [0.5, 0.6) is 5.88 Å². The summed E-state index contributed by atoms with van der Waals surface area (Å²) in [5.74, 6) is -0.638. The second-order valence-electron chi connectivity index (χ2n) is 4.95. The van der Waals surface area contributed by atoms with E-state index in [1.807, 2.05) is 0 Å². The van der Waals surface area contributed by atoms with E-state index in [4.69, 9.17) is 9.84 Å². The highest BCUT2D eigenvalue weighted by molar-refractivity contribution is 5.91. The van der Waals surface area contributed by atoms with Crippen molar-refractivity contribution in [3.8, 4) is 5.88 Å². The molecule has 19 heavy (non-hydrogen) atoms. The largest absolute Gasteiger partial charge is 0.477 e. The van der Waals surface area contributed by atoms with Crippen LogP contribution >= 0.6 is 0 Å². The van der Waals surface area contributed by atoms with Crippen LogP contribution < -0.4 is 4.74 Å². The van der Waals surface area contributed by atoms with Gasteiger partial charge < -0.3 is 9.84 Å². The number of carboxylic acids is 1. The van der Waals surface area contributed by atoms with E-state index in [2.05, 4.69) is 10.00 Å². The summed E-state index contributed by atoms with van der Waals surface area (Å²) in [6.07, 6.45) is 3.79. The second kappa shape index (κ2) is 6.06. The van der Waals surface area contributed by atoms with Crippen molar-refractivity contribution in [2.75, 3.05) is 26.2 Å². The third-order valence-corrected chi connectivity index (χ3v) is 3.48. The van der Waals surface area contributed by atoms with Crippen molar-refractivity contribution in [1.29, 1.82) is 0 Å². The van der Waals surface area contributed by atoms with Gasteiger partial charge in [-0.15, -0.1) is 0 Å². The van der Waals surface area contributed by atoms with Crippen molar-refractivity contribution in [2.45, 2.75) is 26.2 Å². The zero-order chi connectivity index (χ0) is 13.8. The predicted molar refractivity (Wildman–Crippen MR) is 70.7 cm³/mol. The molecule has 1 aromatic heterocycles. The number of aromatic carboxylic acids is 1. The van der Waals surface area contributed by atoms with Gasteiger partial charge in [-0.3, -0.25) is 4.90 Å². The third kappa shape index (κ3) is 3.26. The summed E-state index contributed by atoms with van der Waals surface area (Å²) >= 11 is 0. The van der Waals surface area contributed by atoms with Crippen LogP contribution in [0.3, 0.4) is 0 Å². The van der Waals surface area contributed by atoms with Crippen LogP contribution in [0.4, 0.5) is 0 Å². The first kappa shape index (κ1) is 13.9. The van der Waals surface area contributed by atoms with Gasteiger partial charge in [-0.05, 0) is 32.9 Å². The average Bonchev–Trinajstić information content (AvgIpc) is 2.65. The second-order valence-corrected chi connectivity index (χ2v) is 4.95. The summed E-state index contributed by atoms with van der Waals surface area (Å²) in [6.45, 7) is 5.24. The number of hydrogen-bond acceptors (Lipinski definition) is 4. The van der Waals surface area contributed by atoms with Crippen LogP contribution in [0, 0.1) is 6.92 Å². The molecule has 6 nitrogen and oxygen atoms in total. The monoisotopic (exact) mass is 267 g/mol. The standard InChI is InChI=1S/C13H21N3O3/c1-10-11(13(17)18)12(15(2)14-10)19-9-8-16-6-4-3-5-7-16/h3-9H2,1-2H3,(H,17,18). The number of carboxylic acid groups (broad SMARTS) is 1. The molecule has 0 aliphatic carbocycles. The first-order chi connectivity index (χ1) is 9.09. The lowest BCUT2D eigenvalue weighted by molar-refractivity contribution is 0.0690. The number of carbonyl (C=O) groups is 1. The van der Waals surface area contributed by atoms with Crippen molar-refractivity contribution in [3.05, 3.63) is 11.3 Å². The number of nitrogens with zero attached hydrogens (tertiary/aromatic N) is 3. The van der Waals surface area contributed by atoms with E-state index < -0.39 is 5.97 Å². The average molecular weight is 267 g/mol. The van der Waals surface area contributed by atoms with E-state index in [0.717, 1.165) is 19.6 Å². The zero-order valence-corrected chi connectivity index (χ0v) is 11.6. The molecule has 6 heteroatoms. The van der Waals surface area contributed by atoms with E-state index in [1.165, 1.54) is 23.9 Å². The van der Waals surface area contributed by atoms with Crippen LogP contribution in [0.2, 0.25) is 0 Å². The predicted octanol–water partition coefficient (Wildman–Crippen LogP) is 1.29. The molecule has 1 aliphatic rings. The van der Waals surface area contributed by atoms with Crippen molar-refractivity contribution >= 4 is 5.97 Å². The Morgan fingerprint density at radius 2 is 2.05 bits per heavy atom. The summed E-state index contributed by atoms with van der Waals surface area (Å²) in [4.78, 5) is 13.5. The SMILES string of the molecule is Cc1nn(C)c(OCCN2CCCCC2)c1C(=O)O. The molecular weight excluding hydrogens is 246 g/mol. The van der Waals surface area contributed by atoms with Gasteiger partial charge in [-0.1, -0.05) is 6.42 Å². The van der Waals surface area contributed by atoms with E-state index in [1.54, 1.807) is 14.0 Å². The minimum absolute atomic E-state index is 0.168. The van der Waals surface area contributed by atoms with Crippen LogP contribution in [0.25, 0.3) is 0 Å². The fourth-order valence-electron chi connectivity index (χ4n) is 2.50. The molecule has 2 heterocycles. The summed E-state index contributed by atoms with van der Waals surface area (Å²) in [5.41, 5.74) is 0.657. The lowest BCUT2D eigenvalue weighted by Crippen LogP contribution is -2.33. The first-order valence-electron chi connectivity index (χ1n) is 6.71. The highest BCUT2D eigenvalue weighted by Gasteiger charge is 2.21. The molecule has 1 fully saturated rings. The summed E-state index contributed by atoms with van der Waals surface area (Å²) in [7, 11) is 1.70. The quantitative estimate of drug-likeness (QED) is 0.870. The maximum atomic E-state index is 11.2. The maximum Gasteiger partial charge on any atom is 0.343 e. The summed E-state index contributed by atoms with van der Waals surface area (Å²) in [5, 5.41) is 13.3. The van der Waals surface area contributed by atoms with E-state index >= 15 is 0 Å². The number of aryl methyl sites for hydroxylation is 2. The molecule has 106 valence electrons. The smallest absolute Gasteiger partial charge is 0.343 e. The number of aromatic nitrogens is 2. The Labute approximate surface area is 113 Å². The highest BCUT2D eigenvalue weighted by Crippen LogP contribution is 2.21. The fraction of sp³-hybridized carbons (Fsp3) is 0.692. The van der Waals surface area contributed by atoms with Gasteiger partial charge in [0, 0.05) is 13.6 Å². The number of likely N-dealkylation sites (tertiary alicyclic amines) is 1. The maximum absolute atomic E-state index is 11.2. The molecule has 0 atom stereocenters. The number of piperidine rings is 1. The molecule has 0 radical (unpaired) electrons. The first-order valence-corrected chi connectivity index (χ1v) is 6.71. The van der Waals surface area contributed by atoms with Crippen LogP contribution in [-0.2, 0) is 7.05 Å². The molecule has 1 N–H and O–H groups in total. The molecule has 0 aromatic carbocycles. The Morgan fingerprint density at radius 3 is 2.68 bits per heavy atom. The van der Waals surface area contributed by atoms with Crippen LogP contribution in [0.1, 0.15) is 35.3 Å². The van der Waals surface area contributed by atoms with Gasteiger partial charge in [-0.25, -0.2) is 9.48 Å². The molecule has 0 amide bonds.